The summed E-state index contributed by atoms with van der Waals surface area (Å²) in [5.74, 6) is -5.50. The molecule has 2 fully saturated rings. The smallest absolute Gasteiger partial charge is 0.324 e. The predicted octanol–water partition coefficient (Wildman–Crippen LogP) is 3.13. The van der Waals surface area contributed by atoms with E-state index in [2.05, 4.69) is 15.5 Å². The third-order valence-corrected chi connectivity index (χ3v) is 11.4. The Morgan fingerprint density at radius 1 is 0.982 bits per heavy atom. The molecule has 1 aromatic carbocycles. The van der Waals surface area contributed by atoms with Crippen LogP contribution in [-0.2, 0) is 44.7 Å². The van der Waals surface area contributed by atoms with E-state index in [4.69, 9.17) is 26.0 Å². The number of ether oxygens (including phenoxy) is 3. The van der Waals surface area contributed by atoms with Gasteiger partial charge in [0.25, 0.3) is 0 Å². The molecule has 16 heteroatoms. The number of amides is 3. The standard InChI is InChI=1S/C41H64ClN5O10/c1-11-24(6)34-31(48)21-33(49)57-37(23(4)5)36(50)25(7)38(51)43-29(19-22(2)3)40(53)47-18-12-13-32(47)46(9)30(20-27-14-16-28(55-10)17-15-27)41(54)56-26(8)35(45-42)39(52)44-34/h14-17,22-26,29-32,34-35,37,45,48H,11-13,18-21H2,1-10H3,(H,43,51)(H,44,52)/t24-,25-,26+,29-,30-,31-,32-,34+,35-,37-/m0/s1. The second kappa shape index (κ2) is 21.8. The van der Waals surface area contributed by atoms with E-state index in [0.717, 1.165) is 5.56 Å². The highest BCUT2D eigenvalue weighted by molar-refractivity contribution is 6.15. The number of Topliss-reactive ketones (excluding diaryl/α,β-unsaturated/α-hetero) is 1. The van der Waals surface area contributed by atoms with Gasteiger partial charge in [-0.25, -0.2) is 4.84 Å². The summed E-state index contributed by atoms with van der Waals surface area (Å²) < 4.78 is 16.9. The number of aliphatic hydroxyl groups excluding tert-OH is 1. The van der Waals surface area contributed by atoms with Crippen LogP contribution in [0.25, 0.3) is 0 Å². The third-order valence-electron chi connectivity index (χ3n) is 11.1. The molecule has 2 saturated heterocycles. The number of halogens is 1. The van der Waals surface area contributed by atoms with Gasteiger partial charge in [-0.05, 0) is 93.8 Å². The SMILES string of the molecule is CC[C@H](C)[C@H]1NC(=O)[C@@H](NCl)[C@@H](C)OC(=O)[C@H](Cc2ccc(OC)cc2)N(C)[C@@H]2CCCN2C(=O)[C@H](CC(C)C)NC(=O)[C@@H](C)C(=O)[C@H](C(C)C)OC(=O)C[C@@H]1O. The van der Waals surface area contributed by atoms with Crippen molar-refractivity contribution in [1.29, 1.82) is 0 Å². The van der Waals surface area contributed by atoms with Gasteiger partial charge in [0.2, 0.25) is 17.7 Å². The average Bonchev–Trinajstić information content (AvgIpc) is 3.66. The van der Waals surface area contributed by atoms with Crippen LogP contribution < -0.4 is 20.2 Å². The number of carbonyl (C=O) groups excluding carboxylic acids is 6. The second-order valence-electron chi connectivity index (χ2n) is 16.3. The molecule has 2 aliphatic heterocycles. The number of carbonyl (C=O) groups is 6. The van der Waals surface area contributed by atoms with Gasteiger partial charge < -0.3 is 34.9 Å². The fraction of sp³-hybridized carbons (Fsp3) is 0.707. The Balaban J connectivity index is 2.13. The summed E-state index contributed by atoms with van der Waals surface area (Å²) in [5.41, 5.74) is 0.784. The topological polar surface area (TPSA) is 193 Å². The van der Waals surface area contributed by atoms with Crippen LogP contribution in [0.2, 0.25) is 0 Å². The van der Waals surface area contributed by atoms with E-state index in [0.29, 0.717) is 31.6 Å². The van der Waals surface area contributed by atoms with Gasteiger partial charge in [-0.2, -0.15) is 0 Å². The molecule has 1 aromatic rings. The highest BCUT2D eigenvalue weighted by Gasteiger charge is 2.43. The molecule has 0 radical (unpaired) electrons. The largest absolute Gasteiger partial charge is 0.497 e. The summed E-state index contributed by atoms with van der Waals surface area (Å²) in [4.78, 5) is 89.2. The van der Waals surface area contributed by atoms with Gasteiger partial charge >= 0.3 is 11.9 Å². The zero-order valence-electron chi connectivity index (χ0n) is 35.1. The van der Waals surface area contributed by atoms with Gasteiger partial charge in [-0.3, -0.25) is 33.7 Å². The van der Waals surface area contributed by atoms with Gasteiger partial charge in [0, 0.05) is 6.54 Å². The summed E-state index contributed by atoms with van der Waals surface area (Å²) in [5, 5.41) is 16.9. The lowest BCUT2D eigenvalue weighted by atomic mass is 9.91. The maximum absolute atomic E-state index is 14.4. The van der Waals surface area contributed by atoms with Crippen LogP contribution in [0.5, 0.6) is 5.75 Å². The fourth-order valence-electron chi connectivity index (χ4n) is 7.40. The van der Waals surface area contributed by atoms with Crippen molar-refractivity contribution < 1.29 is 48.1 Å². The predicted molar refractivity (Wildman–Crippen MR) is 214 cm³/mol. The lowest BCUT2D eigenvalue weighted by Crippen LogP contribution is -2.59. The van der Waals surface area contributed by atoms with E-state index >= 15 is 0 Å². The molecular formula is C41H64ClN5O10. The zero-order valence-corrected chi connectivity index (χ0v) is 35.8. The number of likely N-dealkylation sites (N-methyl/N-ethyl adjacent to an activating group) is 1. The number of benzene rings is 1. The van der Waals surface area contributed by atoms with Crippen molar-refractivity contribution >= 4 is 47.2 Å². The molecule has 15 nitrogen and oxygen atoms in total. The number of hydrogen-bond donors (Lipinski definition) is 4. The number of fused-ring (bicyclic) bond motifs is 1. The highest BCUT2D eigenvalue weighted by Crippen LogP contribution is 2.27. The van der Waals surface area contributed by atoms with Crippen molar-refractivity contribution in [3.05, 3.63) is 29.8 Å². The Morgan fingerprint density at radius 2 is 1.63 bits per heavy atom. The van der Waals surface area contributed by atoms with Gasteiger partial charge in [0.05, 0.1) is 37.8 Å². The van der Waals surface area contributed by atoms with Crippen molar-refractivity contribution in [2.75, 3.05) is 20.7 Å². The Hall–Kier alpha value is -3.79. The number of esters is 2. The second-order valence-corrected chi connectivity index (χ2v) is 16.5. The molecule has 2 heterocycles. The van der Waals surface area contributed by atoms with Crippen molar-refractivity contribution in [3.8, 4) is 5.75 Å². The van der Waals surface area contributed by atoms with Crippen LogP contribution in [0.15, 0.2) is 24.3 Å². The molecule has 0 bridgehead atoms. The molecule has 0 aromatic heterocycles. The highest BCUT2D eigenvalue weighted by atomic mass is 35.5. The molecule has 4 N–H and O–H groups in total. The summed E-state index contributed by atoms with van der Waals surface area (Å²) in [7, 11) is 3.29. The maximum atomic E-state index is 14.4. The molecule has 0 spiro atoms. The number of cyclic esters (lactones) is 2. The first-order chi connectivity index (χ1) is 26.8. The van der Waals surface area contributed by atoms with Crippen LogP contribution in [0.3, 0.4) is 0 Å². The Labute approximate surface area is 342 Å². The first-order valence-electron chi connectivity index (χ1n) is 20.1. The molecule has 2 aliphatic rings. The van der Waals surface area contributed by atoms with Crippen LogP contribution in [0, 0.1) is 23.7 Å². The van der Waals surface area contributed by atoms with E-state index in [-0.39, 0.29) is 30.6 Å². The van der Waals surface area contributed by atoms with E-state index < -0.39 is 96.4 Å². The molecule has 3 rings (SSSR count). The van der Waals surface area contributed by atoms with Gasteiger partial charge in [0.15, 0.2) is 11.9 Å². The number of nitrogens with zero attached hydrogens (tertiary/aromatic N) is 2. The molecule has 3 amide bonds. The van der Waals surface area contributed by atoms with Crippen molar-refractivity contribution in [2.24, 2.45) is 23.7 Å². The quantitative estimate of drug-likeness (QED) is 0.162. The van der Waals surface area contributed by atoms with Crippen LogP contribution >= 0.6 is 11.8 Å². The number of rotatable bonds is 9. The minimum absolute atomic E-state index is 0.0161. The lowest BCUT2D eigenvalue weighted by Gasteiger charge is -2.39. The molecule has 0 unspecified atom stereocenters. The van der Waals surface area contributed by atoms with Crippen molar-refractivity contribution in [1.82, 2.24) is 25.3 Å². The number of ketones is 1. The van der Waals surface area contributed by atoms with Crippen molar-refractivity contribution in [2.45, 2.75) is 143 Å². The molecule has 57 heavy (non-hydrogen) atoms. The first-order valence-corrected chi connectivity index (χ1v) is 20.5. The number of hydrogen-bond acceptors (Lipinski definition) is 12. The van der Waals surface area contributed by atoms with Crippen LogP contribution in [-0.4, -0.2) is 120 Å². The van der Waals surface area contributed by atoms with Gasteiger partial charge in [-0.1, -0.05) is 60.1 Å². The third kappa shape index (κ3) is 12.6. The van der Waals surface area contributed by atoms with Crippen LogP contribution in [0.4, 0.5) is 0 Å². The Kier molecular flexibility index (Phi) is 18.2. The first kappa shape index (κ1) is 47.6. The summed E-state index contributed by atoms with van der Waals surface area (Å²) >= 11 is 6.12. The van der Waals surface area contributed by atoms with Gasteiger partial charge in [0.1, 0.15) is 30.0 Å². The van der Waals surface area contributed by atoms with E-state index in [1.165, 1.54) is 13.8 Å². The summed E-state index contributed by atoms with van der Waals surface area (Å²) in [6.07, 6.45) is -2.90. The lowest BCUT2D eigenvalue weighted by molar-refractivity contribution is -0.163. The fourth-order valence-corrected chi connectivity index (χ4v) is 7.67. The minimum atomic E-state index is -1.44. The Morgan fingerprint density at radius 3 is 2.19 bits per heavy atom. The minimum Gasteiger partial charge on any atom is -0.497 e. The van der Waals surface area contributed by atoms with E-state index in [9.17, 15) is 33.9 Å². The zero-order chi connectivity index (χ0) is 42.7. The maximum Gasteiger partial charge on any atom is 0.324 e. The normalized spacial score (nSPS) is 30.1. The van der Waals surface area contributed by atoms with E-state index in [1.54, 1.807) is 56.9 Å². The molecule has 0 aliphatic carbocycles. The van der Waals surface area contributed by atoms with Gasteiger partial charge in [-0.15, -0.1) is 0 Å². The Bertz CT molecular complexity index is 1540. The molecule has 10 atom stereocenters. The summed E-state index contributed by atoms with van der Waals surface area (Å²) in [6.45, 7) is 14.1. The monoisotopic (exact) mass is 821 g/mol. The summed E-state index contributed by atoms with van der Waals surface area (Å²) in [6, 6.07) is 3.04. The number of aliphatic hydroxyl groups is 1. The van der Waals surface area contributed by atoms with Crippen molar-refractivity contribution in [3.63, 3.8) is 0 Å². The molecule has 320 valence electrons. The van der Waals surface area contributed by atoms with E-state index in [1.807, 2.05) is 32.9 Å². The molecule has 0 saturated carbocycles. The number of nitrogens with one attached hydrogen (secondary N) is 3. The number of methoxy groups -OCH3 is 1. The van der Waals surface area contributed by atoms with Crippen LogP contribution in [0.1, 0.15) is 93.1 Å². The average molecular weight is 822 g/mol. The molecular weight excluding hydrogens is 758 g/mol.